The molecule has 1 aliphatic heterocycles. The number of halogens is 8. The zero-order valence-electron chi connectivity index (χ0n) is 26.8. The molecule has 1 N–H and O–H groups in total. The minimum atomic E-state index is -6.39. The summed E-state index contributed by atoms with van der Waals surface area (Å²) in [7, 11) is -4.72. The van der Waals surface area contributed by atoms with E-state index < -0.39 is 78.1 Å². The number of hydrogen-bond acceptors (Lipinski definition) is 4. The number of carbonyl (C=O) groups is 2. The zero-order valence-corrected chi connectivity index (χ0v) is 27.6. The van der Waals surface area contributed by atoms with E-state index >= 15 is 4.39 Å². The van der Waals surface area contributed by atoms with Crippen LogP contribution in [0.4, 0.5) is 35.1 Å². The Bertz CT molecular complexity index is 1710. The van der Waals surface area contributed by atoms with Crippen LogP contribution in [0.15, 0.2) is 47.4 Å². The molecule has 0 aromatic heterocycles. The number of rotatable bonds is 8. The van der Waals surface area contributed by atoms with Crippen molar-refractivity contribution in [1.29, 1.82) is 0 Å². The lowest BCUT2D eigenvalue weighted by Crippen LogP contribution is -2.56. The maximum absolute atomic E-state index is 15.1. The van der Waals surface area contributed by atoms with E-state index in [-0.39, 0.29) is 68.2 Å². The quantitative estimate of drug-likeness (QED) is 0.279. The molecular weight excluding hydrogens is 686 g/mol. The predicted molar refractivity (Wildman–Crippen MR) is 161 cm³/mol. The summed E-state index contributed by atoms with van der Waals surface area (Å²) in [5.74, 6) is -3.35. The lowest BCUT2D eigenvalue weighted by Gasteiger charge is -2.47. The number of carboxylic acids is 1. The number of likely N-dealkylation sites (tertiary alicyclic amines) is 1. The maximum atomic E-state index is 15.1. The number of amides is 1. The molecule has 3 aliphatic rings. The average Bonchev–Trinajstić information content (AvgIpc) is 3.43. The average molecular weight is 724 g/mol. The van der Waals surface area contributed by atoms with Crippen LogP contribution in [0.25, 0.3) is 0 Å². The van der Waals surface area contributed by atoms with Gasteiger partial charge in [-0.15, -0.1) is 0 Å². The van der Waals surface area contributed by atoms with Gasteiger partial charge in [0.15, 0.2) is 9.84 Å². The van der Waals surface area contributed by atoms with Gasteiger partial charge in [-0.05, 0) is 80.2 Å². The van der Waals surface area contributed by atoms with Gasteiger partial charge in [0.05, 0.1) is 16.9 Å². The Balaban J connectivity index is 1.67. The highest BCUT2D eigenvalue weighted by Crippen LogP contribution is 2.58. The van der Waals surface area contributed by atoms with E-state index in [1.807, 2.05) is 6.92 Å². The Morgan fingerprint density at radius 3 is 2.22 bits per heavy atom. The molecule has 15 heteroatoms. The fourth-order valence-corrected chi connectivity index (χ4v) is 11.0. The number of alkyl halides is 7. The van der Waals surface area contributed by atoms with Gasteiger partial charge in [-0.1, -0.05) is 51.0 Å². The number of carboxylic acid groups (broad SMARTS) is 1. The van der Waals surface area contributed by atoms with Gasteiger partial charge < -0.3 is 10.0 Å². The Kier molecular flexibility index (Phi) is 9.46. The van der Waals surface area contributed by atoms with Crippen LogP contribution in [0, 0.1) is 23.1 Å². The molecule has 270 valence electrons. The first-order valence-corrected chi connectivity index (χ1v) is 17.7. The van der Waals surface area contributed by atoms with E-state index in [9.17, 15) is 53.8 Å². The van der Waals surface area contributed by atoms with Gasteiger partial charge in [0.1, 0.15) is 10.6 Å². The van der Waals surface area contributed by atoms with Crippen molar-refractivity contribution >= 4 is 21.7 Å². The number of hydrogen-bond donors (Lipinski definition) is 1. The third kappa shape index (κ3) is 5.71. The summed E-state index contributed by atoms with van der Waals surface area (Å²) in [6, 6.07) is 4.31. The van der Waals surface area contributed by atoms with E-state index in [2.05, 4.69) is 0 Å². The number of carbonyl (C=O) groups excluding carboxylic acids is 1. The third-order valence-electron chi connectivity index (χ3n) is 11.0. The van der Waals surface area contributed by atoms with E-state index in [0.29, 0.717) is 25.3 Å². The molecule has 2 aliphatic carbocycles. The molecule has 0 spiro atoms. The van der Waals surface area contributed by atoms with E-state index in [1.54, 1.807) is 6.92 Å². The molecule has 1 amide bonds. The lowest BCUT2D eigenvalue weighted by atomic mass is 9.63. The highest BCUT2D eigenvalue weighted by molar-refractivity contribution is 7.92. The fourth-order valence-electron chi connectivity index (χ4n) is 8.61. The number of aliphatic carboxylic acids is 1. The number of sulfone groups is 1. The first-order valence-electron chi connectivity index (χ1n) is 16.2. The largest absolute Gasteiger partial charge is 0.481 e. The van der Waals surface area contributed by atoms with Gasteiger partial charge >= 0.3 is 24.0 Å². The molecule has 2 fully saturated rings. The molecule has 3 unspecified atom stereocenters. The second-order valence-electron chi connectivity index (χ2n) is 13.7. The first-order chi connectivity index (χ1) is 22.7. The Morgan fingerprint density at radius 1 is 0.980 bits per heavy atom. The topological polar surface area (TPSA) is 91.8 Å². The molecule has 0 radical (unpaired) electrons. The van der Waals surface area contributed by atoms with Gasteiger partial charge in [-0.3, -0.25) is 9.59 Å². The van der Waals surface area contributed by atoms with Crippen LogP contribution >= 0.6 is 0 Å². The van der Waals surface area contributed by atoms with Crippen molar-refractivity contribution in [1.82, 2.24) is 4.90 Å². The highest BCUT2D eigenvalue weighted by Gasteiger charge is 2.74. The molecule has 6 nitrogen and oxygen atoms in total. The Morgan fingerprint density at radius 2 is 1.65 bits per heavy atom. The van der Waals surface area contributed by atoms with Crippen LogP contribution in [0.5, 0.6) is 0 Å². The summed E-state index contributed by atoms with van der Waals surface area (Å²) in [6.07, 6.45) is -11.2. The van der Waals surface area contributed by atoms with Gasteiger partial charge in [0.2, 0.25) is 5.91 Å². The van der Waals surface area contributed by atoms with E-state index in [1.165, 1.54) is 4.90 Å². The van der Waals surface area contributed by atoms with Crippen molar-refractivity contribution < 1.29 is 58.2 Å². The van der Waals surface area contributed by atoms with Crippen molar-refractivity contribution in [2.75, 3.05) is 6.54 Å². The molecule has 2 aromatic carbocycles. The first kappa shape index (κ1) is 37.0. The third-order valence-corrected chi connectivity index (χ3v) is 13.6. The van der Waals surface area contributed by atoms with Gasteiger partial charge in [-0.25, -0.2) is 17.2 Å². The summed E-state index contributed by atoms with van der Waals surface area (Å²) in [4.78, 5) is 27.5. The standard InChI is InChI=1S/C34H37F8NO5S/c1-3-4-13-30(14-12-25(28(44)45)20(2)19-30)29(46)43-16-15-31(49(47,48)24-7-5-6-23(35)18-24)26-10-9-22(17-21(26)8-11-27(31)43)32(36,33(37,38)39)34(40,41)42/h5-7,9-10,17-18,20,25,27H,3-4,8,11-16,19H2,1-2H3,(H,44,45)/t20-,25+,27?,30?,31?/m0/s1. The number of benzene rings is 2. The van der Waals surface area contributed by atoms with Crippen molar-refractivity contribution in [3.05, 3.63) is 65.0 Å². The second kappa shape index (κ2) is 12.5. The molecule has 1 heterocycles. The van der Waals surface area contributed by atoms with E-state index in [0.717, 1.165) is 30.3 Å². The summed E-state index contributed by atoms with van der Waals surface area (Å²) >= 11 is 0. The normalized spacial score (nSPS) is 27.8. The van der Waals surface area contributed by atoms with Crippen LogP contribution in [-0.4, -0.2) is 55.2 Å². The zero-order chi connectivity index (χ0) is 36.4. The molecular formula is C34H37F8NO5S. The molecule has 49 heavy (non-hydrogen) atoms. The summed E-state index contributed by atoms with van der Waals surface area (Å²) in [5, 5.41) is 9.73. The summed E-state index contributed by atoms with van der Waals surface area (Å²) in [6.45, 7) is 3.52. The molecule has 5 rings (SSSR count). The van der Waals surface area contributed by atoms with Gasteiger partial charge in [0, 0.05) is 17.5 Å². The SMILES string of the molecule is CCCCC1(C(=O)N2CCC3(S(=O)(=O)c4cccc(F)c4)c4ccc(C(F)(C(F)(F)F)C(F)(F)F)cc4CCC23)CC[C@@H](C(=O)O)[C@@H](C)C1. The number of fused-ring (bicyclic) bond motifs is 3. The second-order valence-corrected chi connectivity index (χ2v) is 15.9. The van der Waals surface area contributed by atoms with Gasteiger partial charge in [-0.2, -0.15) is 26.3 Å². The molecule has 0 bridgehead atoms. The molecule has 5 atom stereocenters. The van der Waals surface area contributed by atoms with Crippen molar-refractivity contribution in [2.24, 2.45) is 17.3 Å². The minimum absolute atomic E-state index is 0.151. The van der Waals surface area contributed by atoms with Crippen LogP contribution in [0.2, 0.25) is 0 Å². The molecule has 2 aromatic rings. The molecule has 1 saturated carbocycles. The number of aryl methyl sites for hydroxylation is 1. The van der Waals surface area contributed by atoms with Crippen LogP contribution in [-0.2, 0) is 36.3 Å². The van der Waals surface area contributed by atoms with Crippen LogP contribution in [0.3, 0.4) is 0 Å². The predicted octanol–water partition coefficient (Wildman–Crippen LogP) is 8.03. The smallest absolute Gasteiger partial charge is 0.435 e. The van der Waals surface area contributed by atoms with Gasteiger partial charge in [0.25, 0.3) is 0 Å². The van der Waals surface area contributed by atoms with Crippen LogP contribution < -0.4 is 0 Å². The number of nitrogens with zero attached hydrogens (tertiary/aromatic N) is 1. The monoisotopic (exact) mass is 723 g/mol. The fraction of sp³-hybridized carbons (Fsp3) is 0.588. The Hall–Kier alpha value is -3.23. The van der Waals surface area contributed by atoms with Crippen molar-refractivity contribution in [3.63, 3.8) is 0 Å². The summed E-state index contributed by atoms with van der Waals surface area (Å²) < 4.78 is 139. The van der Waals surface area contributed by atoms with Crippen LogP contribution in [0.1, 0.15) is 81.9 Å². The lowest BCUT2D eigenvalue weighted by molar-refractivity contribution is -0.348. The minimum Gasteiger partial charge on any atom is -0.481 e. The number of unbranched alkanes of at least 4 members (excludes halogenated alkanes) is 1. The van der Waals surface area contributed by atoms with Crippen molar-refractivity contribution in [3.8, 4) is 0 Å². The highest BCUT2D eigenvalue weighted by atomic mass is 32.2. The van der Waals surface area contributed by atoms with Crippen molar-refractivity contribution in [2.45, 2.75) is 105 Å². The summed E-state index contributed by atoms with van der Waals surface area (Å²) in [5.41, 5.74) is -8.96. The molecule has 1 saturated heterocycles. The van der Waals surface area contributed by atoms with E-state index in [4.69, 9.17) is 0 Å². The Labute approximate surface area is 278 Å². The maximum Gasteiger partial charge on any atom is 0.435 e.